The highest BCUT2D eigenvalue weighted by molar-refractivity contribution is 5.91. The van der Waals surface area contributed by atoms with E-state index in [0.29, 0.717) is 17.9 Å². The van der Waals surface area contributed by atoms with Gasteiger partial charge in [0.15, 0.2) is 0 Å². The Morgan fingerprint density at radius 2 is 1.72 bits per heavy atom. The van der Waals surface area contributed by atoms with Crippen LogP contribution in [0.2, 0.25) is 0 Å². The number of hydrogen-bond acceptors (Lipinski definition) is 2. The van der Waals surface area contributed by atoms with Gasteiger partial charge in [-0.25, -0.2) is 4.39 Å². The lowest BCUT2D eigenvalue weighted by Crippen LogP contribution is -2.52. The van der Waals surface area contributed by atoms with E-state index < -0.39 is 0 Å². The fraction of sp³-hybridized carbons (Fsp3) is 0.480. The van der Waals surface area contributed by atoms with Crippen LogP contribution in [0.1, 0.15) is 45.1 Å². The van der Waals surface area contributed by atoms with Crippen LogP contribution in [0.3, 0.4) is 0 Å². The van der Waals surface area contributed by atoms with Crippen molar-refractivity contribution in [2.24, 2.45) is 5.92 Å². The van der Waals surface area contributed by atoms with Crippen LogP contribution in [0.5, 0.6) is 0 Å². The fourth-order valence-electron chi connectivity index (χ4n) is 5.89. The zero-order valence-electron chi connectivity index (χ0n) is 17.3. The highest BCUT2D eigenvalue weighted by Crippen LogP contribution is 2.51. The molecule has 1 amide bonds. The topological polar surface area (TPSA) is 23.6 Å². The van der Waals surface area contributed by atoms with E-state index in [-0.39, 0.29) is 16.8 Å². The van der Waals surface area contributed by atoms with Crippen LogP contribution in [-0.2, 0) is 10.2 Å². The lowest BCUT2D eigenvalue weighted by atomic mass is 9.87. The molecule has 2 aromatic carbocycles. The first-order chi connectivity index (χ1) is 13.9. The van der Waals surface area contributed by atoms with Crippen molar-refractivity contribution in [1.29, 1.82) is 0 Å². The van der Waals surface area contributed by atoms with Gasteiger partial charge in [0.05, 0.1) is 5.41 Å². The molecule has 0 N–H and O–H groups in total. The molecule has 2 aromatic rings. The van der Waals surface area contributed by atoms with Gasteiger partial charge >= 0.3 is 0 Å². The standard InChI is InChI=1S/C25H29FN2O/c1-24(2)16-18-17-27(23(29)25(13-14-25)19-6-4-3-5-7-19)15-12-22(18)28(24)21-10-8-20(26)9-11-21/h3-11,18,22H,12-17H2,1-2H3/t18-,22+/m1/s1. The predicted molar refractivity (Wildman–Crippen MR) is 113 cm³/mol. The monoisotopic (exact) mass is 392 g/mol. The van der Waals surface area contributed by atoms with Gasteiger partial charge < -0.3 is 9.80 Å². The average Bonchev–Trinajstić information content (AvgIpc) is 3.47. The Hall–Kier alpha value is -2.36. The van der Waals surface area contributed by atoms with Crippen LogP contribution >= 0.6 is 0 Å². The van der Waals surface area contributed by atoms with Crippen LogP contribution in [0.4, 0.5) is 10.1 Å². The lowest BCUT2D eigenvalue weighted by molar-refractivity contribution is -0.135. The number of amides is 1. The number of anilines is 1. The minimum Gasteiger partial charge on any atom is -0.363 e. The van der Waals surface area contributed by atoms with E-state index in [0.717, 1.165) is 44.5 Å². The molecular weight excluding hydrogens is 363 g/mol. The molecule has 0 bridgehead atoms. The Kier molecular flexibility index (Phi) is 4.23. The molecule has 1 aliphatic carbocycles. The van der Waals surface area contributed by atoms with Gasteiger partial charge in [-0.1, -0.05) is 30.3 Å². The van der Waals surface area contributed by atoms with E-state index in [2.05, 4.69) is 35.8 Å². The van der Waals surface area contributed by atoms with Crippen LogP contribution in [-0.4, -0.2) is 35.5 Å². The summed E-state index contributed by atoms with van der Waals surface area (Å²) in [6.07, 6.45) is 3.96. The molecule has 0 radical (unpaired) electrons. The van der Waals surface area contributed by atoms with Crippen molar-refractivity contribution in [2.75, 3.05) is 18.0 Å². The van der Waals surface area contributed by atoms with Crippen molar-refractivity contribution in [2.45, 2.75) is 56.5 Å². The number of carbonyl (C=O) groups is 1. The van der Waals surface area contributed by atoms with Gasteiger partial charge in [-0.3, -0.25) is 4.79 Å². The van der Waals surface area contributed by atoms with E-state index in [1.807, 2.05) is 30.3 Å². The molecule has 152 valence electrons. The number of halogens is 1. The van der Waals surface area contributed by atoms with Crippen molar-refractivity contribution < 1.29 is 9.18 Å². The molecule has 29 heavy (non-hydrogen) atoms. The number of likely N-dealkylation sites (tertiary alicyclic amines) is 1. The lowest BCUT2D eigenvalue weighted by Gasteiger charge is -2.42. The summed E-state index contributed by atoms with van der Waals surface area (Å²) >= 11 is 0. The highest BCUT2D eigenvalue weighted by atomic mass is 19.1. The second-order valence-corrected chi connectivity index (χ2v) is 9.68. The number of piperidine rings is 1. The summed E-state index contributed by atoms with van der Waals surface area (Å²) < 4.78 is 13.4. The van der Waals surface area contributed by atoms with E-state index >= 15 is 0 Å². The maximum absolute atomic E-state index is 13.5. The number of nitrogens with zero attached hydrogens (tertiary/aromatic N) is 2. The Morgan fingerprint density at radius 3 is 2.38 bits per heavy atom. The number of fused-ring (bicyclic) bond motifs is 1. The normalized spacial score (nSPS) is 26.9. The zero-order valence-corrected chi connectivity index (χ0v) is 17.3. The van der Waals surface area contributed by atoms with E-state index in [4.69, 9.17) is 0 Å². The molecule has 2 aliphatic heterocycles. The van der Waals surface area contributed by atoms with Crippen LogP contribution in [0, 0.1) is 11.7 Å². The molecule has 0 spiro atoms. The minimum absolute atomic E-state index is 0.00290. The highest BCUT2D eigenvalue weighted by Gasteiger charge is 2.55. The first kappa shape index (κ1) is 18.7. The van der Waals surface area contributed by atoms with Crippen molar-refractivity contribution in [3.8, 4) is 0 Å². The molecule has 3 aliphatic rings. The first-order valence-electron chi connectivity index (χ1n) is 10.8. The van der Waals surface area contributed by atoms with Gasteiger partial charge in [-0.15, -0.1) is 0 Å². The summed E-state index contributed by atoms with van der Waals surface area (Å²) in [5.41, 5.74) is 1.99. The smallest absolute Gasteiger partial charge is 0.233 e. The van der Waals surface area contributed by atoms with Gasteiger partial charge in [0.1, 0.15) is 5.82 Å². The van der Waals surface area contributed by atoms with Crippen molar-refractivity contribution >= 4 is 11.6 Å². The van der Waals surface area contributed by atoms with Crippen molar-refractivity contribution in [1.82, 2.24) is 4.90 Å². The number of hydrogen-bond donors (Lipinski definition) is 0. The summed E-state index contributed by atoms with van der Waals surface area (Å²) in [6, 6.07) is 17.6. The number of benzene rings is 2. The molecule has 3 fully saturated rings. The fourth-order valence-corrected chi connectivity index (χ4v) is 5.89. The maximum Gasteiger partial charge on any atom is 0.233 e. The third kappa shape index (κ3) is 3.04. The molecule has 2 atom stereocenters. The first-order valence-corrected chi connectivity index (χ1v) is 10.8. The molecule has 1 saturated carbocycles. The third-order valence-corrected chi connectivity index (χ3v) is 7.32. The van der Waals surface area contributed by atoms with Crippen LogP contribution in [0.15, 0.2) is 54.6 Å². The van der Waals surface area contributed by atoms with Gasteiger partial charge in [-0.2, -0.15) is 0 Å². The third-order valence-electron chi connectivity index (χ3n) is 7.32. The molecule has 2 heterocycles. The Bertz CT molecular complexity index is 904. The maximum atomic E-state index is 13.5. The summed E-state index contributed by atoms with van der Waals surface area (Å²) in [4.78, 5) is 18.1. The predicted octanol–water partition coefficient (Wildman–Crippen LogP) is 4.76. The molecule has 3 nitrogen and oxygen atoms in total. The molecule has 0 aromatic heterocycles. The van der Waals surface area contributed by atoms with Gasteiger partial charge in [0, 0.05) is 30.4 Å². The quantitative estimate of drug-likeness (QED) is 0.752. The average molecular weight is 393 g/mol. The molecule has 2 saturated heterocycles. The Labute approximate surface area is 172 Å². The Morgan fingerprint density at radius 1 is 1.03 bits per heavy atom. The molecular formula is C25H29FN2O. The van der Waals surface area contributed by atoms with Crippen LogP contribution < -0.4 is 4.90 Å². The summed E-state index contributed by atoms with van der Waals surface area (Å²) in [5.74, 6) is 0.581. The molecule has 4 heteroatoms. The molecule has 5 rings (SSSR count). The van der Waals surface area contributed by atoms with Crippen molar-refractivity contribution in [3.63, 3.8) is 0 Å². The number of carbonyl (C=O) groups excluding carboxylic acids is 1. The zero-order chi connectivity index (χ0) is 20.2. The SMILES string of the molecule is CC1(C)C[C@@H]2CN(C(=O)C3(c4ccccc4)CC3)CC[C@@H]2N1c1ccc(F)cc1. The second kappa shape index (κ2) is 6.58. The van der Waals surface area contributed by atoms with E-state index in [1.54, 1.807) is 12.1 Å². The Balaban J connectivity index is 1.36. The van der Waals surface area contributed by atoms with E-state index in [9.17, 15) is 9.18 Å². The van der Waals surface area contributed by atoms with Crippen molar-refractivity contribution in [3.05, 3.63) is 66.0 Å². The minimum atomic E-state index is -0.279. The second-order valence-electron chi connectivity index (χ2n) is 9.68. The van der Waals surface area contributed by atoms with Gasteiger partial charge in [-0.05, 0) is 75.3 Å². The number of rotatable bonds is 3. The molecule has 0 unspecified atom stereocenters. The van der Waals surface area contributed by atoms with Gasteiger partial charge in [0.2, 0.25) is 5.91 Å². The largest absolute Gasteiger partial charge is 0.363 e. The van der Waals surface area contributed by atoms with Gasteiger partial charge in [0.25, 0.3) is 0 Å². The van der Waals surface area contributed by atoms with Crippen LogP contribution in [0.25, 0.3) is 0 Å². The summed E-state index contributed by atoms with van der Waals surface area (Å²) in [7, 11) is 0. The summed E-state index contributed by atoms with van der Waals surface area (Å²) in [5, 5.41) is 0. The summed E-state index contributed by atoms with van der Waals surface area (Å²) in [6.45, 7) is 6.18. The van der Waals surface area contributed by atoms with E-state index in [1.165, 1.54) is 5.56 Å².